The lowest BCUT2D eigenvalue weighted by atomic mass is 10.2. The molecule has 0 atom stereocenters. The van der Waals surface area contributed by atoms with Crippen molar-refractivity contribution in [3.63, 3.8) is 0 Å². The highest BCUT2D eigenvalue weighted by Gasteiger charge is 2.29. The second-order valence-electron chi connectivity index (χ2n) is 6.58. The van der Waals surface area contributed by atoms with E-state index in [1.165, 1.54) is 34.6 Å². The number of ether oxygens (including phenoxy) is 1. The third-order valence-electron chi connectivity index (χ3n) is 4.23. The molecule has 2 aromatic rings. The van der Waals surface area contributed by atoms with Crippen LogP contribution in [0.15, 0.2) is 54.6 Å². The number of rotatable bonds is 6. The summed E-state index contributed by atoms with van der Waals surface area (Å²) < 4.78 is 66.2. The largest absolute Gasteiger partial charge is 0.484 e. The van der Waals surface area contributed by atoms with Crippen LogP contribution in [0.2, 0.25) is 0 Å². The molecule has 6 nitrogen and oxygen atoms in total. The standard InChI is InChI=1S/C20H19F3N2O4S/c21-20(22,23)14-29-18-9-5-16(6-10-18)24-19(26)11-4-15-2-7-17(8-3-15)25-12-1-13-30(25,27)28/h2-11H,1,12-14H2,(H,24,26)/b11-4+. The van der Waals surface area contributed by atoms with Gasteiger partial charge in [-0.15, -0.1) is 0 Å². The second-order valence-corrected chi connectivity index (χ2v) is 8.60. The maximum atomic E-state index is 12.1. The molecule has 0 aromatic heterocycles. The highest BCUT2D eigenvalue weighted by Crippen LogP contribution is 2.24. The molecule has 0 radical (unpaired) electrons. The summed E-state index contributed by atoms with van der Waals surface area (Å²) in [7, 11) is -3.24. The van der Waals surface area contributed by atoms with Crippen LogP contribution >= 0.6 is 0 Å². The van der Waals surface area contributed by atoms with Crippen LogP contribution in [0.1, 0.15) is 12.0 Å². The summed E-state index contributed by atoms with van der Waals surface area (Å²) in [4.78, 5) is 12.0. The lowest BCUT2D eigenvalue weighted by Crippen LogP contribution is -2.24. The Morgan fingerprint density at radius 1 is 1.10 bits per heavy atom. The minimum absolute atomic E-state index is 0.0426. The van der Waals surface area contributed by atoms with Crippen LogP contribution in [0.25, 0.3) is 6.08 Å². The minimum atomic E-state index is -4.42. The Morgan fingerprint density at radius 2 is 1.77 bits per heavy atom. The van der Waals surface area contributed by atoms with Crippen molar-refractivity contribution in [3.05, 3.63) is 60.2 Å². The van der Waals surface area contributed by atoms with Crippen LogP contribution in [0.3, 0.4) is 0 Å². The highest BCUT2D eigenvalue weighted by atomic mass is 32.2. The Bertz CT molecular complexity index is 1020. The highest BCUT2D eigenvalue weighted by molar-refractivity contribution is 7.93. The fourth-order valence-electron chi connectivity index (χ4n) is 2.84. The van der Waals surface area contributed by atoms with E-state index in [2.05, 4.69) is 10.1 Å². The van der Waals surface area contributed by atoms with E-state index in [1.54, 1.807) is 30.3 Å². The second kappa shape index (κ2) is 8.78. The van der Waals surface area contributed by atoms with Crippen LogP contribution in [-0.4, -0.2) is 39.4 Å². The summed E-state index contributed by atoms with van der Waals surface area (Å²) in [6, 6.07) is 12.3. The van der Waals surface area contributed by atoms with Crippen molar-refractivity contribution in [1.82, 2.24) is 0 Å². The number of nitrogens with one attached hydrogen (secondary N) is 1. The Balaban J connectivity index is 1.54. The van der Waals surface area contributed by atoms with E-state index in [9.17, 15) is 26.4 Å². The molecule has 1 fully saturated rings. The van der Waals surface area contributed by atoms with Crippen molar-refractivity contribution in [3.8, 4) is 5.75 Å². The van der Waals surface area contributed by atoms with E-state index in [0.717, 1.165) is 0 Å². The number of hydrogen-bond acceptors (Lipinski definition) is 4. The molecule has 2 aromatic carbocycles. The number of anilines is 2. The Kier molecular flexibility index (Phi) is 6.35. The summed E-state index contributed by atoms with van der Waals surface area (Å²) in [5, 5.41) is 2.59. The van der Waals surface area contributed by atoms with E-state index >= 15 is 0 Å². The normalized spacial score (nSPS) is 16.0. The van der Waals surface area contributed by atoms with Gasteiger partial charge < -0.3 is 10.1 Å². The van der Waals surface area contributed by atoms with Gasteiger partial charge in [-0.3, -0.25) is 9.10 Å². The first-order valence-electron chi connectivity index (χ1n) is 9.02. The third-order valence-corrected chi connectivity index (χ3v) is 6.10. The molecular formula is C20H19F3N2O4S. The average Bonchev–Trinajstić information content (AvgIpc) is 3.05. The first-order valence-corrected chi connectivity index (χ1v) is 10.6. The predicted octanol–water partition coefficient (Wildman–Crippen LogP) is 3.82. The molecule has 0 aliphatic carbocycles. The van der Waals surface area contributed by atoms with Gasteiger partial charge in [0, 0.05) is 18.3 Å². The number of amides is 1. The van der Waals surface area contributed by atoms with E-state index in [1.807, 2.05) is 0 Å². The van der Waals surface area contributed by atoms with Crippen molar-refractivity contribution in [2.24, 2.45) is 0 Å². The number of carbonyl (C=O) groups is 1. The zero-order valence-corrected chi connectivity index (χ0v) is 16.5. The summed E-state index contributed by atoms with van der Waals surface area (Å²) in [6.45, 7) is -0.927. The lowest BCUT2D eigenvalue weighted by molar-refractivity contribution is -0.153. The zero-order valence-electron chi connectivity index (χ0n) is 15.7. The van der Waals surface area contributed by atoms with Crippen molar-refractivity contribution < 1.29 is 31.1 Å². The summed E-state index contributed by atoms with van der Waals surface area (Å²) in [6.07, 6.45) is -0.952. The van der Waals surface area contributed by atoms with Crippen LogP contribution in [0.5, 0.6) is 5.75 Å². The quantitative estimate of drug-likeness (QED) is 0.693. The molecule has 1 amide bonds. The first-order chi connectivity index (χ1) is 14.1. The Morgan fingerprint density at radius 3 is 2.33 bits per heavy atom. The summed E-state index contributed by atoms with van der Waals surface area (Å²) in [5.41, 5.74) is 1.70. The average molecular weight is 440 g/mol. The molecule has 0 spiro atoms. The van der Waals surface area contributed by atoms with Crippen molar-refractivity contribution in [2.75, 3.05) is 28.5 Å². The fraction of sp³-hybridized carbons (Fsp3) is 0.250. The monoisotopic (exact) mass is 440 g/mol. The van der Waals surface area contributed by atoms with E-state index in [4.69, 9.17) is 0 Å². The molecule has 0 bridgehead atoms. The van der Waals surface area contributed by atoms with Gasteiger partial charge in [0.2, 0.25) is 15.9 Å². The molecule has 30 heavy (non-hydrogen) atoms. The molecule has 1 N–H and O–H groups in total. The van der Waals surface area contributed by atoms with Gasteiger partial charge in [0.1, 0.15) is 5.75 Å². The van der Waals surface area contributed by atoms with Crippen LogP contribution in [0, 0.1) is 0 Å². The molecule has 160 valence electrons. The number of halogens is 3. The number of hydrogen-bond donors (Lipinski definition) is 1. The van der Waals surface area contributed by atoms with Gasteiger partial charge in [0.05, 0.1) is 11.4 Å². The fourth-order valence-corrected chi connectivity index (χ4v) is 4.40. The van der Waals surface area contributed by atoms with Crippen LogP contribution in [-0.2, 0) is 14.8 Å². The maximum absolute atomic E-state index is 12.1. The number of benzene rings is 2. The summed E-state index contributed by atoms with van der Waals surface area (Å²) in [5.74, 6) is -0.240. The molecule has 0 saturated carbocycles. The zero-order chi connectivity index (χ0) is 21.8. The van der Waals surface area contributed by atoms with Crippen molar-refractivity contribution >= 4 is 33.4 Å². The SMILES string of the molecule is O=C(/C=C/c1ccc(N2CCCS2(=O)=O)cc1)Nc1ccc(OCC(F)(F)F)cc1. The number of sulfonamides is 1. The molecule has 1 heterocycles. The van der Waals surface area contributed by atoms with E-state index in [0.29, 0.717) is 29.9 Å². The van der Waals surface area contributed by atoms with Gasteiger partial charge in [-0.25, -0.2) is 8.42 Å². The van der Waals surface area contributed by atoms with Crippen molar-refractivity contribution in [1.29, 1.82) is 0 Å². The molecule has 1 aliphatic rings. The summed E-state index contributed by atoms with van der Waals surface area (Å²) >= 11 is 0. The van der Waals surface area contributed by atoms with Gasteiger partial charge in [-0.2, -0.15) is 13.2 Å². The van der Waals surface area contributed by atoms with Crippen LogP contribution < -0.4 is 14.4 Å². The maximum Gasteiger partial charge on any atom is 0.422 e. The van der Waals surface area contributed by atoms with E-state index in [-0.39, 0.29) is 11.5 Å². The molecule has 3 rings (SSSR count). The molecule has 1 saturated heterocycles. The number of carbonyl (C=O) groups excluding carboxylic acids is 1. The lowest BCUT2D eigenvalue weighted by Gasteiger charge is -2.16. The van der Waals surface area contributed by atoms with Crippen LogP contribution in [0.4, 0.5) is 24.5 Å². The van der Waals surface area contributed by atoms with Gasteiger partial charge in [-0.1, -0.05) is 12.1 Å². The number of alkyl halides is 3. The van der Waals surface area contributed by atoms with E-state index < -0.39 is 28.7 Å². The Hall–Kier alpha value is -3.01. The van der Waals surface area contributed by atoms with Gasteiger partial charge in [-0.05, 0) is 54.5 Å². The molecule has 1 aliphatic heterocycles. The van der Waals surface area contributed by atoms with Gasteiger partial charge in [0.15, 0.2) is 6.61 Å². The first kappa shape index (κ1) is 21.7. The molecular weight excluding hydrogens is 421 g/mol. The molecule has 0 unspecified atom stereocenters. The number of nitrogens with zero attached hydrogens (tertiary/aromatic N) is 1. The minimum Gasteiger partial charge on any atom is -0.484 e. The third kappa shape index (κ3) is 5.99. The predicted molar refractivity (Wildman–Crippen MR) is 108 cm³/mol. The van der Waals surface area contributed by atoms with Crippen molar-refractivity contribution in [2.45, 2.75) is 12.6 Å². The van der Waals surface area contributed by atoms with Gasteiger partial charge >= 0.3 is 6.18 Å². The smallest absolute Gasteiger partial charge is 0.422 e. The van der Waals surface area contributed by atoms with Gasteiger partial charge in [0.25, 0.3) is 0 Å². The molecule has 10 heteroatoms. The topological polar surface area (TPSA) is 75.7 Å². The Labute approximate surface area is 172 Å².